The maximum atomic E-state index is 13.2. The summed E-state index contributed by atoms with van der Waals surface area (Å²) < 4.78 is 13.2. The number of aryl methyl sites for hydroxylation is 2. The number of hydrogen-bond acceptors (Lipinski definition) is 3. The highest BCUT2D eigenvalue weighted by molar-refractivity contribution is 7.11. The summed E-state index contributed by atoms with van der Waals surface area (Å²) in [6, 6.07) is 6.96. The van der Waals surface area contributed by atoms with Gasteiger partial charge in [-0.25, -0.2) is 9.37 Å². The Hall–Kier alpha value is -1.26. The molecular weight excluding hydrogens is 259 g/mol. The first kappa shape index (κ1) is 14.2. The molecule has 1 heterocycles. The molecule has 1 unspecified atom stereocenters. The Morgan fingerprint density at radius 1 is 1.21 bits per heavy atom. The molecule has 2 atom stereocenters. The van der Waals surface area contributed by atoms with E-state index < -0.39 is 0 Å². The van der Waals surface area contributed by atoms with Crippen molar-refractivity contribution in [3.05, 3.63) is 51.2 Å². The Kier molecular flexibility index (Phi) is 4.32. The summed E-state index contributed by atoms with van der Waals surface area (Å²) in [5.41, 5.74) is 2.04. The summed E-state index contributed by atoms with van der Waals surface area (Å²) in [5, 5.41) is 4.55. The summed E-state index contributed by atoms with van der Waals surface area (Å²) in [6.45, 7) is 8.24. The highest BCUT2D eigenvalue weighted by atomic mass is 32.1. The molecule has 0 aliphatic rings. The largest absolute Gasteiger partial charge is 0.302 e. The van der Waals surface area contributed by atoms with Crippen LogP contribution in [0.15, 0.2) is 24.3 Å². The zero-order valence-electron chi connectivity index (χ0n) is 11.7. The van der Waals surface area contributed by atoms with E-state index in [-0.39, 0.29) is 17.9 Å². The molecule has 0 saturated carbocycles. The van der Waals surface area contributed by atoms with Gasteiger partial charge in [-0.1, -0.05) is 12.1 Å². The van der Waals surface area contributed by atoms with Crippen molar-refractivity contribution in [3.63, 3.8) is 0 Å². The van der Waals surface area contributed by atoms with Gasteiger partial charge in [0.15, 0.2) is 0 Å². The van der Waals surface area contributed by atoms with Gasteiger partial charge in [0.05, 0.1) is 10.7 Å². The Bertz CT molecular complexity index is 565. The van der Waals surface area contributed by atoms with Gasteiger partial charge in [0.2, 0.25) is 0 Å². The second kappa shape index (κ2) is 5.80. The molecule has 1 aromatic heterocycles. The lowest BCUT2D eigenvalue weighted by molar-refractivity contribution is 0.483. The molecule has 1 aromatic carbocycles. The summed E-state index contributed by atoms with van der Waals surface area (Å²) in [6.07, 6.45) is 0. The smallest absolute Gasteiger partial charge is 0.123 e. The van der Waals surface area contributed by atoms with E-state index in [1.54, 1.807) is 23.5 Å². The van der Waals surface area contributed by atoms with Crippen LogP contribution in [0.1, 0.15) is 47.1 Å². The maximum absolute atomic E-state index is 13.2. The molecule has 2 nitrogen and oxygen atoms in total. The minimum absolute atomic E-state index is 0.0899. The molecule has 0 amide bonds. The Morgan fingerprint density at radius 2 is 1.95 bits per heavy atom. The number of hydrogen-bond donors (Lipinski definition) is 1. The summed E-state index contributed by atoms with van der Waals surface area (Å²) in [4.78, 5) is 5.80. The van der Waals surface area contributed by atoms with E-state index >= 15 is 0 Å². The molecule has 2 aromatic rings. The number of halogens is 1. The van der Waals surface area contributed by atoms with Crippen LogP contribution in [-0.4, -0.2) is 4.98 Å². The molecule has 0 aliphatic carbocycles. The highest BCUT2D eigenvalue weighted by Crippen LogP contribution is 2.25. The molecular formula is C15H19FN2S. The van der Waals surface area contributed by atoms with Gasteiger partial charge in [-0.15, -0.1) is 11.3 Å². The van der Waals surface area contributed by atoms with E-state index in [9.17, 15) is 4.39 Å². The van der Waals surface area contributed by atoms with Gasteiger partial charge in [-0.2, -0.15) is 0 Å². The first-order chi connectivity index (χ1) is 8.97. The number of aromatic nitrogens is 1. The molecule has 4 heteroatoms. The molecule has 0 aliphatic heterocycles. The predicted octanol–water partition coefficient (Wildman–Crippen LogP) is 4.31. The third-order valence-corrected chi connectivity index (χ3v) is 4.10. The monoisotopic (exact) mass is 278 g/mol. The molecule has 2 rings (SSSR count). The van der Waals surface area contributed by atoms with Gasteiger partial charge in [0.1, 0.15) is 5.82 Å². The van der Waals surface area contributed by atoms with Crippen LogP contribution < -0.4 is 5.32 Å². The fourth-order valence-electron chi connectivity index (χ4n) is 2.27. The van der Waals surface area contributed by atoms with Crippen molar-refractivity contribution in [2.45, 2.75) is 39.8 Å². The molecule has 0 bridgehead atoms. The van der Waals surface area contributed by atoms with Gasteiger partial charge in [-0.05, 0) is 45.4 Å². The van der Waals surface area contributed by atoms with Crippen molar-refractivity contribution in [3.8, 4) is 0 Å². The quantitative estimate of drug-likeness (QED) is 0.901. The van der Waals surface area contributed by atoms with E-state index in [1.807, 2.05) is 19.9 Å². The number of rotatable bonds is 4. The molecule has 1 N–H and O–H groups in total. The van der Waals surface area contributed by atoms with Crippen LogP contribution in [0, 0.1) is 19.7 Å². The fourth-order valence-corrected chi connectivity index (χ4v) is 3.19. The summed E-state index contributed by atoms with van der Waals surface area (Å²) in [5.74, 6) is -0.195. The van der Waals surface area contributed by atoms with E-state index in [0.717, 1.165) is 16.3 Å². The lowest BCUT2D eigenvalue weighted by Crippen LogP contribution is -2.23. The van der Waals surface area contributed by atoms with Crippen LogP contribution in [-0.2, 0) is 0 Å². The summed E-state index contributed by atoms with van der Waals surface area (Å²) >= 11 is 1.71. The molecule has 102 valence electrons. The van der Waals surface area contributed by atoms with Crippen molar-refractivity contribution in [2.24, 2.45) is 0 Å². The first-order valence-corrected chi connectivity index (χ1v) is 7.24. The highest BCUT2D eigenvalue weighted by Gasteiger charge is 2.16. The Morgan fingerprint density at radius 3 is 2.53 bits per heavy atom. The fraction of sp³-hybridized carbons (Fsp3) is 0.400. The molecule has 0 fully saturated rings. The Labute approximate surface area is 117 Å². The van der Waals surface area contributed by atoms with Gasteiger partial charge in [0.25, 0.3) is 0 Å². The molecule has 0 saturated heterocycles. The SMILES string of the molecule is Cc1nc(C(C)N[C@H](C)c2cccc(F)c2)c(C)s1. The van der Waals surface area contributed by atoms with E-state index in [0.29, 0.717) is 0 Å². The van der Waals surface area contributed by atoms with Crippen LogP contribution in [0.25, 0.3) is 0 Å². The average molecular weight is 278 g/mol. The van der Waals surface area contributed by atoms with Crippen molar-refractivity contribution < 1.29 is 4.39 Å². The number of benzene rings is 1. The molecule has 0 spiro atoms. The third kappa shape index (κ3) is 3.39. The van der Waals surface area contributed by atoms with E-state index in [4.69, 9.17) is 0 Å². The second-order valence-electron chi connectivity index (χ2n) is 4.84. The third-order valence-electron chi connectivity index (χ3n) is 3.20. The van der Waals surface area contributed by atoms with Crippen LogP contribution >= 0.6 is 11.3 Å². The van der Waals surface area contributed by atoms with Gasteiger partial charge >= 0.3 is 0 Å². The number of nitrogens with one attached hydrogen (secondary N) is 1. The van der Waals surface area contributed by atoms with Gasteiger partial charge in [0, 0.05) is 17.0 Å². The lowest BCUT2D eigenvalue weighted by atomic mass is 10.1. The van der Waals surface area contributed by atoms with Gasteiger partial charge < -0.3 is 5.32 Å². The van der Waals surface area contributed by atoms with Crippen molar-refractivity contribution in [2.75, 3.05) is 0 Å². The van der Waals surface area contributed by atoms with Gasteiger partial charge in [-0.3, -0.25) is 0 Å². The zero-order chi connectivity index (χ0) is 14.0. The van der Waals surface area contributed by atoms with Crippen LogP contribution in [0.2, 0.25) is 0 Å². The molecule has 19 heavy (non-hydrogen) atoms. The minimum Gasteiger partial charge on any atom is -0.302 e. The lowest BCUT2D eigenvalue weighted by Gasteiger charge is -2.19. The zero-order valence-corrected chi connectivity index (χ0v) is 12.5. The van der Waals surface area contributed by atoms with Crippen LogP contribution in [0.5, 0.6) is 0 Å². The van der Waals surface area contributed by atoms with Crippen molar-refractivity contribution >= 4 is 11.3 Å². The van der Waals surface area contributed by atoms with Crippen molar-refractivity contribution in [1.29, 1.82) is 0 Å². The first-order valence-electron chi connectivity index (χ1n) is 6.43. The van der Waals surface area contributed by atoms with E-state index in [2.05, 4.69) is 24.1 Å². The van der Waals surface area contributed by atoms with Crippen molar-refractivity contribution in [1.82, 2.24) is 10.3 Å². The maximum Gasteiger partial charge on any atom is 0.123 e. The average Bonchev–Trinajstić information content (AvgIpc) is 2.68. The summed E-state index contributed by atoms with van der Waals surface area (Å²) in [7, 11) is 0. The predicted molar refractivity (Wildman–Crippen MR) is 78.0 cm³/mol. The standard InChI is InChI=1S/C15H19FN2S/c1-9(13-6-5-7-14(16)8-13)17-10(2)15-11(3)19-12(4)18-15/h5-10,17H,1-4H3/t9-,10?/m1/s1. The second-order valence-corrected chi connectivity index (χ2v) is 6.25. The topological polar surface area (TPSA) is 24.9 Å². The van der Waals surface area contributed by atoms with Crippen LogP contribution in [0.4, 0.5) is 4.39 Å². The number of nitrogens with zero attached hydrogens (tertiary/aromatic N) is 1. The van der Waals surface area contributed by atoms with E-state index in [1.165, 1.54) is 10.9 Å². The normalized spacial score (nSPS) is 14.4. The van der Waals surface area contributed by atoms with Crippen LogP contribution in [0.3, 0.4) is 0 Å². The Balaban J connectivity index is 2.10. The number of thiazole rings is 1. The minimum atomic E-state index is -0.195. The molecule has 0 radical (unpaired) electrons.